The van der Waals surface area contributed by atoms with Crippen molar-refractivity contribution in [3.05, 3.63) is 11.1 Å². The Balaban J connectivity index is 1.55. The molecule has 126 valence electrons. The van der Waals surface area contributed by atoms with Crippen LogP contribution < -0.4 is 11.1 Å². The van der Waals surface area contributed by atoms with Crippen LogP contribution in [0.2, 0.25) is 0 Å². The number of likely N-dealkylation sites (tertiary alicyclic amines) is 1. The minimum atomic E-state index is -0.0859. The third-order valence-corrected chi connectivity index (χ3v) is 5.71. The minimum Gasteiger partial charge on any atom is -0.342 e. The zero-order valence-corrected chi connectivity index (χ0v) is 14.4. The van der Waals surface area contributed by atoms with Crippen molar-refractivity contribution in [2.24, 2.45) is 23.5 Å². The standard InChI is InChI=1S/C16H24N4O2S/c1-9(2)15(22)19-16-18-11(8-23-16)5-14(21)20-6-10-3-4-13(17)12(10)7-20/h8-10,12-13H,3-7,17H2,1-2H3,(H,18,19,22). The molecule has 2 aliphatic rings. The molecule has 1 aromatic rings. The van der Waals surface area contributed by atoms with E-state index in [4.69, 9.17) is 5.73 Å². The highest BCUT2D eigenvalue weighted by Crippen LogP contribution is 2.37. The third-order valence-electron chi connectivity index (χ3n) is 4.90. The minimum absolute atomic E-state index is 0.0569. The molecule has 2 heterocycles. The first-order valence-corrected chi connectivity index (χ1v) is 9.10. The van der Waals surface area contributed by atoms with E-state index in [0.29, 0.717) is 23.4 Å². The molecular weight excluding hydrogens is 312 g/mol. The molecule has 1 aliphatic heterocycles. The summed E-state index contributed by atoms with van der Waals surface area (Å²) in [6, 6.07) is 0.245. The van der Waals surface area contributed by atoms with Crippen LogP contribution in [-0.2, 0) is 16.0 Å². The van der Waals surface area contributed by atoms with E-state index < -0.39 is 0 Å². The Morgan fingerprint density at radius 3 is 2.91 bits per heavy atom. The van der Waals surface area contributed by atoms with Crippen LogP contribution in [0.25, 0.3) is 0 Å². The first-order chi connectivity index (χ1) is 10.9. The number of aromatic nitrogens is 1. The largest absolute Gasteiger partial charge is 0.342 e. The highest BCUT2D eigenvalue weighted by molar-refractivity contribution is 7.13. The van der Waals surface area contributed by atoms with Gasteiger partial charge < -0.3 is 16.0 Å². The highest BCUT2D eigenvalue weighted by atomic mass is 32.1. The monoisotopic (exact) mass is 336 g/mol. The second-order valence-electron chi connectivity index (χ2n) is 6.93. The molecule has 0 radical (unpaired) electrons. The van der Waals surface area contributed by atoms with Gasteiger partial charge in [-0.25, -0.2) is 4.98 Å². The lowest BCUT2D eigenvalue weighted by molar-refractivity contribution is -0.129. The molecule has 1 saturated carbocycles. The van der Waals surface area contributed by atoms with Gasteiger partial charge in [-0.1, -0.05) is 13.8 Å². The molecule has 3 atom stereocenters. The Kier molecular flexibility index (Phi) is 4.68. The summed E-state index contributed by atoms with van der Waals surface area (Å²) >= 11 is 1.36. The van der Waals surface area contributed by atoms with Crippen LogP contribution in [0, 0.1) is 17.8 Å². The maximum atomic E-state index is 12.5. The second kappa shape index (κ2) is 6.57. The van der Waals surface area contributed by atoms with Crippen molar-refractivity contribution in [2.45, 2.75) is 39.2 Å². The van der Waals surface area contributed by atoms with Crippen molar-refractivity contribution in [3.8, 4) is 0 Å². The van der Waals surface area contributed by atoms with Gasteiger partial charge in [0.15, 0.2) is 5.13 Å². The molecule has 1 aromatic heterocycles. The van der Waals surface area contributed by atoms with E-state index in [9.17, 15) is 9.59 Å². The molecule has 1 saturated heterocycles. The van der Waals surface area contributed by atoms with Crippen LogP contribution in [-0.4, -0.2) is 40.8 Å². The van der Waals surface area contributed by atoms with Gasteiger partial charge in [0.2, 0.25) is 11.8 Å². The molecule has 1 aliphatic carbocycles. The van der Waals surface area contributed by atoms with E-state index in [-0.39, 0.29) is 23.8 Å². The molecule has 0 bridgehead atoms. The highest BCUT2D eigenvalue weighted by Gasteiger charge is 2.42. The molecular formula is C16H24N4O2S. The Morgan fingerprint density at radius 2 is 2.22 bits per heavy atom. The van der Waals surface area contributed by atoms with Crippen molar-refractivity contribution in [1.29, 1.82) is 0 Å². The summed E-state index contributed by atoms with van der Waals surface area (Å²) in [6.45, 7) is 5.29. The number of thiazole rings is 1. The number of rotatable bonds is 4. The Morgan fingerprint density at radius 1 is 1.43 bits per heavy atom. The molecule has 2 fully saturated rings. The van der Waals surface area contributed by atoms with Gasteiger partial charge in [-0.3, -0.25) is 9.59 Å². The molecule has 23 heavy (non-hydrogen) atoms. The van der Waals surface area contributed by atoms with Crippen LogP contribution in [0.5, 0.6) is 0 Å². The normalized spacial score (nSPS) is 26.6. The van der Waals surface area contributed by atoms with Gasteiger partial charge in [-0.2, -0.15) is 0 Å². The van der Waals surface area contributed by atoms with E-state index >= 15 is 0 Å². The van der Waals surface area contributed by atoms with Crippen LogP contribution in [0.4, 0.5) is 5.13 Å². The Bertz CT molecular complexity index is 601. The lowest BCUT2D eigenvalue weighted by Crippen LogP contribution is -2.34. The Labute approximate surface area is 140 Å². The van der Waals surface area contributed by atoms with E-state index in [1.807, 2.05) is 24.1 Å². The van der Waals surface area contributed by atoms with Crippen LogP contribution in [0.15, 0.2) is 5.38 Å². The number of nitrogens with two attached hydrogens (primary N) is 1. The van der Waals surface area contributed by atoms with Gasteiger partial charge in [0.25, 0.3) is 0 Å². The molecule has 0 spiro atoms. The van der Waals surface area contributed by atoms with Crippen molar-refractivity contribution in [1.82, 2.24) is 9.88 Å². The molecule has 6 nitrogen and oxygen atoms in total. The van der Waals surface area contributed by atoms with Gasteiger partial charge in [-0.05, 0) is 24.7 Å². The molecule has 0 aromatic carbocycles. The number of hydrogen-bond donors (Lipinski definition) is 2. The zero-order chi connectivity index (χ0) is 16.6. The van der Waals surface area contributed by atoms with Gasteiger partial charge in [-0.15, -0.1) is 11.3 Å². The van der Waals surface area contributed by atoms with Gasteiger partial charge in [0, 0.05) is 30.4 Å². The van der Waals surface area contributed by atoms with E-state index in [2.05, 4.69) is 10.3 Å². The lowest BCUT2D eigenvalue weighted by Gasteiger charge is -2.18. The average Bonchev–Trinajstić information content (AvgIpc) is 3.17. The van der Waals surface area contributed by atoms with Crippen LogP contribution >= 0.6 is 11.3 Å². The van der Waals surface area contributed by atoms with E-state index in [1.54, 1.807) is 0 Å². The fourth-order valence-corrected chi connectivity index (χ4v) is 4.19. The molecule has 3 unspecified atom stereocenters. The summed E-state index contributed by atoms with van der Waals surface area (Å²) in [5.41, 5.74) is 6.84. The summed E-state index contributed by atoms with van der Waals surface area (Å²) in [5, 5.41) is 5.18. The number of fused-ring (bicyclic) bond motifs is 1. The summed E-state index contributed by atoms with van der Waals surface area (Å²) in [6.07, 6.45) is 2.52. The first kappa shape index (κ1) is 16.4. The SMILES string of the molecule is CC(C)C(=O)Nc1nc(CC(=O)N2CC3CCC(N)C3C2)cs1. The number of nitrogens with one attached hydrogen (secondary N) is 1. The van der Waals surface area contributed by atoms with Crippen molar-refractivity contribution in [3.63, 3.8) is 0 Å². The maximum absolute atomic E-state index is 12.5. The van der Waals surface area contributed by atoms with Crippen molar-refractivity contribution >= 4 is 28.3 Å². The number of carbonyl (C=O) groups excluding carboxylic acids is 2. The smallest absolute Gasteiger partial charge is 0.228 e. The van der Waals surface area contributed by atoms with Gasteiger partial charge >= 0.3 is 0 Å². The zero-order valence-electron chi connectivity index (χ0n) is 13.6. The number of carbonyl (C=O) groups is 2. The number of nitrogens with zero attached hydrogens (tertiary/aromatic N) is 2. The Hall–Kier alpha value is -1.47. The van der Waals surface area contributed by atoms with Gasteiger partial charge in [0.05, 0.1) is 12.1 Å². The molecule has 3 N–H and O–H groups in total. The predicted octanol–water partition coefficient (Wildman–Crippen LogP) is 1.48. The number of anilines is 1. The summed E-state index contributed by atoms with van der Waals surface area (Å²) in [7, 11) is 0. The third kappa shape index (κ3) is 3.55. The lowest BCUT2D eigenvalue weighted by atomic mass is 9.98. The number of hydrogen-bond acceptors (Lipinski definition) is 5. The maximum Gasteiger partial charge on any atom is 0.228 e. The second-order valence-corrected chi connectivity index (χ2v) is 7.79. The summed E-state index contributed by atoms with van der Waals surface area (Å²) < 4.78 is 0. The number of amides is 2. The van der Waals surface area contributed by atoms with Crippen LogP contribution in [0.3, 0.4) is 0 Å². The van der Waals surface area contributed by atoms with Gasteiger partial charge in [0.1, 0.15) is 0 Å². The first-order valence-electron chi connectivity index (χ1n) is 8.22. The fourth-order valence-electron chi connectivity index (χ4n) is 3.47. The van der Waals surface area contributed by atoms with Crippen LogP contribution in [0.1, 0.15) is 32.4 Å². The van der Waals surface area contributed by atoms with E-state index in [0.717, 1.165) is 31.6 Å². The molecule has 3 rings (SSSR count). The average molecular weight is 336 g/mol. The topological polar surface area (TPSA) is 88.3 Å². The van der Waals surface area contributed by atoms with Crippen molar-refractivity contribution < 1.29 is 9.59 Å². The fraction of sp³-hybridized carbons (Fsp3) is 0.688. The predicted molar refractivity (Wildman–Crippen MR) is 90.1 cm³/mol. The summed E-state index contributed by atoms with van der Waals surface area (Å²) in [4.78, 5) is 30.4. The quantitative estimate of drug-likeness (QED) is 0.871. The van der Waals surface area contributed by atoms with E-state index in [1.165, 1.54) is 11.3 Å². The molecule has 2 amide bonds. The molecule has 7 heteroatoms. The van der Waals surface area contributed by atoms with Crippen molar-refractivity contribution in [2.75, 3.05) is 18.4 Å². The summed E-state index contributed by atoms with van der Waals surface area (Å²) in [5.74, 6) is 1.01.